The van der Waals surface area contributed by atoms with Crippen LogP contribution in [-0.4, -0.2) is 36.7 Å². The van der Waals surface area contributed by atoms with Crippen LogP contribution in [0.5, 0.6) is 0 Å². The SMILES string of the molecule is CC1CN(C(CN)c2occc2Br)C(C)CO1. The van der Waals surface area contributed by atoms with Gasteiger partial charge in [0.05, 0.1) is 29.5 Å². The maximum atomic E-state index is 5.91. The topological polar surface area (TPSA) is 51.6 Å². The van der Waals surface area contributed by atoms with E-state index in [1.807, 2.05) is 6.07 Å². The minimum Gasteiger partial charge on any atom is -0.466 e. The van der Waals surface area contributed by atoms with E-state index in [0.29, 0.717) is 12.6 Å². The van der Waals surface area contributed by atoms with Gasteiger partial charge in [0, 0.05) is 19.1 Å². The predicted octanol–water partition coefficient (Wildman–Crippen LogP) is 2.15. The van der Waals surface area contributed by atoms with Gasteiger partial charge in [-0.1, -0.05) is 0 Å². The summed E-state index contributed by atoms with van der Waals surface area (Å²) in [6, 6.07) is 2.38. The van der Waals surface area contributed by atoms with Gasteiger partial charge in [0.25, 0.3) is 0 Å². The van der Waals surface area contributed by atoms with Gasteiger partial charge in [-0.05, 0) is 35.8 Å². The Kier molecular flexibility index (Phi) is 4.25. The molecule has 2 heterocycles. The average molecular weight is 303 g/mol. The van der Waals surface area contributed by atoms with Crippen LogP contribution in [0.2, 0.25) is 0 Å². The zero-order chi connectivity index (χ0) is 12.4. The Balaban J connectivity index is 2.20. The highest BCUT2D eigenvalue weighted by Gasteiger charge is 2.32. The van der Waals surface area contributed by atoms with Gasteiger partial charge in [-0.15, -0.1) is 0 Å². The van der Waals surface area contributed by atoms with E-state index >= 15 is 0 Å². The van der Waals surface area contributed by atoms with Crippen molar-refractivity contribution in [3.63, 3.8) is 0 Å². The second-order valence-corrected chi connectivity index (χ2v) is 5.43. The van der Waals surface area contributed by atoms with E-state index in [1.54, 1.807) is 6.26 Å². The van der Waals surface area contributed by atoms with Crippen LogP contribution in [0.25, 0.3) is 0 Å². The van der Waals surface area contributed by atoms with Crippen molar-refractivity contribution < 1.29 is 9.15 Å². The summed E-state index contributed by atoms with van der Waals surface area (Å²) in [6.45, 7) is 6.42. The quantitative estimate of drug-likeness (QED) is 0.929. The molecule has 1 aliphatic heterocycles. The summed E-state index contributed by atoms with van der Waals surface area (Å²) < 4.78 is 12.2. The molecule has 0 saturated carbocycles. The molecule has 0 bridgehead atoms. The summed E-state index contributed by atoms with van der Waals surface area (Å²) in [7, 11) is 0. The predicted molar refractivity (Wildman–Crippen MR) is 69.8 cm³/mol. The molecule has 0 radical (unpaired) electrons. The number of nitrogens with zero attached hydrogens (tertiary/aromatic N) is 1. The maximum Gasteiger partial charge on any atom is 0.136 e. The summed E-state index contributed by atoms with van der Waals surface area (Å²) in [5.74, 6) is 0.911. The van der Waals surface area contributed by atoms with Crippen molar-refractivity contribution in [2.45, 2.75) is 32.0 Å². The molecule has 0 aliphatic carbocycles. The monoisotopic (exact) mass is 302 g/mol. The number of morpholine rings is 1. The van der Waals surface area contributed by atoms with Crippen molar-refractivity contribution in [1.29, 1.82) is 0 Å². The first kappa shape index (κ1) is 13.1. The Morgan fingerprint density at radius 3 is 2.94 bits per heavy atom. The smallest absolute Gasteiger partial charge is 0.136 e. The third-order valence-electron chi connectivity index (χ3n) is 3.23. The molecule has 0 aromatic carbocycles. The molecule has 1 aromatic heterocycles. The molecule has 3 unspecified atom stereocenters. The fraction of sp³-hybridized carbons (Fsp3) is 0.667. The number of ether oxygens (including phenoxy) is 1. The molecular formula is C12H19BrN2O2. The molecule has 1 aromatic rings. The number of hydrogen-bond donors (Lipinski definition) is 1. The Labute approximate surface area is 110 Å². The summed E-state index contributed by atoms with van der Waals surface area (Å²) in [5, 5.41) is 0. The summed E-state index contributed by atoms with van der Waals surface area (Å²) >= 11 is 3.50. The van der Waals surface area contributed by atoms with Gasteiger partial charge in [0.1, 0.15) is 5.76 Å². The number of nitrogens with two attached hydrogens (primary N) is 1. The third kappa shape index (κ3) is 2.73. The van der Waals surface area contributed by atoms with Crippen LogP contribution in [0.15, 0.2) is 21.2 Å². The molecule has 0 amide bonds. The first-order valence-corrected chi connectivity index (χ1v) is 6.73. The van der Waals surface area contributed by atoms with Gasteiger partial charge in [-0.25, -0.2) is 0 Å². The lowest BCUT2D eigenvalue weighted by molar-refractivity contribution is -0.0682. The lowest BCUT2D eigenvalue weighted by Crippen LogP contribution is -2.50. The van der Waals surface area contributed by atoms with Crippen LogP contribution in [0.4, 0.5) is 0 Å². The van der Waals surface area contributed by atoms with Crippen LogP contribution >= 0.6 is 15.9 Å². The third-order valence-corrected chi connectivity index (χ3v) is 3.88. The summed E-state index contributed by atoms with van der Waals surface area (Å²) in [6.07, 6.45) is 1.94. The Morgan fingerprint density at radius 2 is 2.35 bits per heavy atom. The van der Waals surface area contributed by atoms with Crippen LogP contribution in [0.3, 0.4) is 0 Å². The number of rotatable bonds is 3. The molecule has 1 fully saturated rings. The van der Waals surface area contributed by atoms with Crippen LogP contribution in [0, 0.1) is 0 Å². The van der Waals surface area contributed by atoms with Crippen molar-refractivity contribution in [1.82, 2.24) is 4.90 Å². The van der Waals surface area contributed by atoms with Crippen LogP contribution < -0.4 is 5.73 Å². The average Bonchev–Trinajstić information content (AvgIpc) is 2.71. The van der Waals surface area contributed by atoms with E-state index in [2.05, 4.69) is 34.7 Å². The van der Waals surface area contributed by atoms with E-state index in [1.165, 1.54) is 0 Å². The van der Waals surface area contributed by atoms with Crippen LogP contribution in [0.1, 0.15) is 25.6 Å². The first-order chi connectivity index (χ1) is 8.13. The van der Waals surface area contributed by atoms with E-state index < -0.39 is 0 Å². The van der Waals surface area contributed by atoms with E-state index in [-0.39, 0.29) is 12.1 Å². The van der Waals surface area contributed by atoms with Gasteiger partial charge >= 0.3 is 0 Å². The molecule has 1 saturated heterocycles. The minimum atomic E-state index is 0.112. The van der Waals surface area contributed by atoms with Gasteiger partial charge in [0.15, 0.2) is 0 Å². The molecule has 3 atom stereocenters. The lowest BCUT2D eigenvalue weighted by Gasteiger charge is -2.40. The number of furan rings is 1. The summed E-state index contributed by atoms with van der Waals surface area (Å²) in [4.78, 5) is 2.36. The van der Waals surface area contributed by atoms with E-state index in [9.17, 15) is 0 Å². The van der Waals surface area contributed by atoms with Crippen molar-refractivity contribution in [2.75, 3.05) is 19.7 Å². The first-order valence-electron chi connectivity index (χ1n) is 5.93. The highest BCUT2D eigenvalue weighted by atomic mass is 79.9. The second-order valence-electron chi connectivity index (χ2n) is 4.57. The molecule has 5 heteroatoms. The van der Waals surface area contributed by atoms with Crippen molar-refractivity contribution in [3.05, 3.63) is 22.6 Å². The maximum absolute atomic E-state index is 5.91. The standard InChI is InChI=1S/C12H19BrN2O2/c1-8-7-17-9(2)6-15(8)11(5-14)12-10(13)3-4-16-12/h3-4,8-9,11H,5-7,14H2,1-2H3. The molecule has 1 aliphatic rings. The van der Waals surface area contributed by atoms with Crippen molar-refractivity contribution in [2.24, 2.45) is 5.73 Å². The fourth-order valence-electron chi connectivity index (χ4n) is 2.30. The summed E-state index contributed by atoms with van der Waals surface area (Å²) in [5.41, 5.74) is 5.91. The zero-order valence-electron chi connectivity index (χ0n) is 10.2. The Hall–Kier alpha value is -0.360. The molecule has 2 N–H and O–H groups in total. The molecular weight excluding hydrogens is 284 g/mol. The van der Waals surface area contributed by atoms with Gasteiger partial charge in [-0.2, -0.15) is 0 Å². The number of halogens is 1. The van der Waals surface area contributed by atoms with Crippen LogP contribution in [-0.2, 0) is 4.74 Å². The minimum absolute atomic E-state index is 0.112. The van der Waals surface area contributed by atoms with Crippen molar-refractivity contribution in [3.8, 4) is 0 Å². The lowest BCUT2D eigenvalue weighted by atomic mass is 10.1. The molecule has 4 nitrogen and oxygen atoms in total. The van der Waals surface area contributed by atoms with Gasteiger partial charge < -0.3 is 14.9 Å². The fourth-order valence-corrected chi connectivity index (χ4v) is 2.77. The normalized spacial score (nSPS) is 28.2. The molecule has 0 spiro atoms. The Morgan fingerprint density at radius 1 is 1.59 bits per heavy atom. The number of hydrogen-bond acceptors (Lipinski definition) is 4. The molecule has 2 rings (SSSR count). The Bertz CT molecular complexity index is 369. The van der Waals surface area contributed by atoms with Crippen molar-refractivity contribution >= 4 is 15.9 Å². The largest absolute Gasteiger partial charge is 0.466 e. The van der Waals surface area contributed by atoms with Gasteiger partial charge in [0.2, 0.25) is 0 Å². The highest BCUT2D eigenvalue weighted by Crippen LogP contribution is 2.31. The van der Waals surface area contributed by atoms with E-state index in [4.69, 9.17) is 14.9 Å². The highest BCUT2D eigenvalue weighted by molar-refractivity contribution is 9.10. The molecule has 96 valence electrons. The second kappa shape index (κ2) is 5.52. The molecule has 17 heavy (non-hydrogen) atoms. The zero-order valence-corrected chi connectivity index (χ0v) is 11.8. The van der Waals surface area contributed by atoms with Gasteiger partial charge in [-0.3, -0.25) is 4.90 Å². The van der Waals surface area contributed by atoms with E-state index in [0.717, 1.165) is 23.4 Å².